The van der Waals surface area contributed by atoms with Crippen LogP contribution in [0.2, 0.25) is 0 Å². The number of nitrogens with one attached hydrogen (secondary N) is 2. The molecule has 3 rings (SSSR count). The van der Waals surface area contributed by atoms with Gasteiger partial charge in [-0.1, -0.05) is 56.5 Å². The molecule has 1 atom stereocenters. The third-order valence-electron chi connectivity index (χ3n) is 5.95. The van der Waals surface area contributed by atoms with Gasteiger partial charge in [-0.05, 0) is 32.3 Å². The van der Waals surface area contributed by atoms with Gasteiger partial charge < -0.3 is 10.6 Å². The highest BCUT2D eigenvalue weighted by Crippen LogP contribution is 2.35. The Morgan fingerprint density at radius 1 is 1.22 bits per heavy atom. The molecule has 1 aromatic carbocycles. The molecule has 146 valence electrons. The Balaban J connectivity index is 1.64. The van der Waals surface area contributed by atoms with Gasteiger partial charge in [0.1, 0.15) is 11.6 Å². The van der Waals surface area contributed by atoms with Gasteiger partial charge in [-0.15, -0.1) is 0 Å². The first-order valence-electron chi connectivity index (χ1n) is 9.67. The Labute approximate surface area is 160 Å². The Morgan fingerprint density at radius 2 is 1.81 bits per heavy atom. The van der Waals surface area contributed by atoms with Crippen molar-refractivity contribution in [1.29, 1.82) is 0 Å². The summed E-state index contributed by atoms with van der Waals surface area (Å²) in [5, 5.41) is 5.75. The van der Waals surface area contributed by atoms with Crippen LogP contribution in [0, 0.1) is 6.92 Å². The van der Waals surface area contributed by atoms with E-state index in [9.17, 15) is 14.4 Å². The minimum absolute atomic E-state index is 0.257. The highest BCUT2D eigenvalue weighted by molar-refractivity contribution is 6.09. The largest absolute Gasteiger partial charge is 0.353 e. The molecule has 1 heterocycles. The number of rotatable bonds is 5. The molecule has 6 heteroatoms. The van der Waals surface area contributed by atoms with Crippen LogP contribution in [-0.4, -0.2) is 40.9 Å². The van der Waals surface area contributed by atoms with Gasteiger partial charge in [0, 0.05) is 12.0 Å². The molecule has 2 fully saturated rings. The number of urea groups is 1. The molecule has 2 N–H and O–H groups in total. The van der Waals surface area contributed by atoms with Gasteiger partial charge in [-0.2, -0.15) is 0 Å². The summed E-state index contributed by atoms with van der Waals surface area (Å²) in [5.41, 5.74) is 1.27. The minimum atomic E-state index is -0.828. The smallest absolute Gasteiger partial charge is 0.325 e. The molecular formula is C21H29N3O3. The highest BCUT2D eigenvalue weighted by atomic mass is 16.2. The van der Waals surface area contributed by atoms with Gasteiger partial charge in [0.05, 0.1) is 0 Å². The number of carbonyl (C=O) groups is 3. The van der Waals surface area contributed by atoms with E-state index in [4.69, 9.17) is 0 Å². The average molecular weight is 371 g/mol. The summed E-state index contributed by atoms with van der Waals surface area (Å²) in [5.74, 6) is -0.570. The molecule has 0 aromatic heterocycles. The first-order valence-corrected chi connectivity index (χ1v) is 9.67. The molecule has 1 aliphatic carbocycles. The van der Waals surface area contributed by atoms with Gasteiger partial charge in [0.25, 0.3) is 5.91 Å². The summed E-state index contributed by atoms with van der Waals surface area (Å²) < 4.78 is 0. The van der Waals surface area contributed by atoms with Crippen LogP contribution in [0.15, 0.2) is 24.3 Å². The lowest BCUT2D eigenvalue weighted by molar-refractivity contribution is -0.137. The van der Waals surface area contributed by atoms with Crippen molar-refractivity contribution in [3.05, 3.63) is 35.4 Å². The van der Waals surface area contributed by atoms with E-state index in [1.54, 1.807) is 6.92 Å². The Morgan fingerprint density at radius 3 is 2.41 bits per heavy atom. The van der Waals surface area contributed by atoms with Gasteiger partial charge in [-0.3, -0.25) is 9.59 Å². The Hall–Kier alpha value is -2.37. The number of amides is 4. The van der Waals surface area contributed by atoms with E-state index in [1.807, 2.05) is 6.92 Å². The number of hydrogen-bond acceptors (Lipinski definition) is 3. The molecule has 1 aromatic rings. The lowest BCUT2D eigenvalue weighted by Gasteiger charge is -2.28. The summed E-state index contributed by atoms with van der Waals surface area (Å²) in [6.45, 7) is 8.19. The molecule has 4 amide bonds. The molecule has 0 bridgehead atoms. The fourth-order valence-corrected chi connectivity index (χ4v) is 3.99. The van der Waals surface area contributed by atoms with Crippen molar-refractivity contribution in [3.8, 4) is 0 Å². The number of hydrogen-bond donors (Lipinski definition) is 2. The number of benzene rings is 1. The van der Waals surface area contributed by atoms with Gasteiger partial charge in [0.2, 0.25) is 5.91 Å². The van der Waals surface area contributed by atoms with Crippen molar-refractivity contribution in [3.63, 3.8) is 0 Å². The fourth-order valence-electron chi connectivity index (χ4n) is 3.99. The van der Waals surface area contributed by atoms with Crippen molar-refractivity contribution < 1.29 is 14.4 Å². The van der Waals surface area contributed by atoms with Crippen molar-refractivity contribution in [2.24, 2.45) is 0 Å². The monoisotopic (exact) mass is 371 g/mol. The maximum absolute atomic E-state index is 12.8. The van der Waals surface area contributed by atoms with Gasteiger partial charge >= 0.3 is 6.03 Å². The first-order chi connectivity index (χ1) is 12.7. The maximum atomic E-state index is 12.8. The van der Waals surface area contributed by atoms with Crippen LogP contribution in [0.5, 0.6) is 0 Å². The highest BCUT2D eigenvalue weighted by Gasteiger charge is 2.54. The molecule has 1 saturated carbocycles. The van der Waals surface area contributed by atoms with Crippen LogP contribution >= 0.6 is 0 Å². The lowest BCUT2D eigenvalue weighted by Crippen LogP contribution is -2.51. The fraction of sp³-hybridized carbons (Fsp3) is 0.571. The first kappa shape index (κ1) is 19.4. The molecule has 1 saturated heterocycles. The zero-order valence-electron chi connectivity index (χ0n) is 16.6. The Bertz CT molecular complexity index is 748. The van der Waals surface area contributed by atoms with Crippen LogP contribution in [0.4, 0.5) is 4.79 Å². The molecule has 1 unspecified atom stereocenters. The van der Waals surface area contributed by atoms with Crippen molar-refractivity contribution >= 4 is 17.8 Å². The van der Waals surface area contributed by atoms with Crippen molar-refractivity contribution in [1.82, 2.24) is 15.5 Å². The third-order valence-corrected chi connectivity index (χ3v) is 5.95. The molecule has 1 spiro atoms. The zero-order chi connectivity index (χ0) is 19.8. The summed E-state index contributed by atoms with van der Waals surface area (Å²) in [6.07, 6.45) is 3.15. The third kappa shape index (κ3) is 3.57. The van der Waals surface area contributed by atoms with E-state index >= 15 is 0 Å². The zero-order valence-corrected chi connectivity index (χ0v) is 16.6. The standard InChI is InChI=1S/C21H29N3O3/c1-14-7-9-16(10-8-14)20(3,4)13-22-17(25)15(2)24-18(26)21(23-19(24)27)11-5-6-12-21/h7-10,15H,5-6,11-13H2,1-4H3,(H,22,25)(H,23,27). The van der Waals surface area contributed by atoms with E-state index in [0.29, 0.717) is 19.4 Å². The molecule has 6 nitrogen and oxygen atoms in total. The van der Waals surface area contributed by atoms with Crippen LogP contribution in [0.3, 0.4) is 0 Å². The molecule has 0 radical (unpaired) electrons. The van der Waals surface area contributed by atoms with E-state index in [1.165, 1.54) is 5.56 Å². The predicted molar refractivity (Wildman–Crippen MR) is 103 cm³/mol. The quantitative estimate of drug-likeness (QED) is 0.781. The van der Waals surface area contributed by atoms with Crippen LogP contribution in [-0.2, 0) is 15.0 Å². The predicted octanol–water partition coefficient (Wildman–Crippen LogP) is 2.64. The van der Waals surface area contributed by atoms with Crippen LogP contribution in [0.25, 0.3) is 0 Å². The summed E-state index contributed by atoms with van der Waals surface area (Å²) in [7, 11) is 0. The van der Waals surface area contributed by atoms with E-state index in [2.05, 4.69) is 48.7 Å². The number of imide groups is 1. The van der Waals surface area contributed by atoms with Gasteiger partial charge in [0.15, 0.2) is 0 Å². The maximum Gasteiger partial charge on any atom is 0.325 e. The minimum Gasteiger partial charge on any atom is -0.353 e. The second kappa shape index (κ2) is 6.98. The normalized spacial score (nSPS) is 20.1. The van der Waals surface area contributed by atoms with E-state index < -0.39 is 17.6 Å². The summed E-state index contributed by atoms with van der Waals surface area (Å²) >= 11 is 0. The number of nitrogens with zero attached hydrogens (tertiary/aromatic N) is 1. The number of aryl methyl sites for hydroxylation is 1. The molecule has 27 heavy (non-hydrogen) atoms. The lowest BCUT2D eigenvalue weighted by atomic mass is 9.84. The van der Waals surface area contributed by atoms with Crippen LogP contribution < -0.4 is 10.6 Å². The van der Waals surface area contributed by atoms with E-state index in [0.717, 1.165) is 23.3 Å². The summed E-state index contributed by atoms with van der Waals surface area (Å²) in [4.78, 5) is 38.9. The van der Waals surface area contributed by atoms with Crippen LogP contribution in [0.1, 0.15) is 57.6 Å². The van der Waals surface area contributed by atoms with Gasteiger partial charge in [-0.25, -0.2) is 9.69 Å². The molecule has 2 aliphatic rings. The second-order valence-electron chi connectivity index (χ2n) is 8.54. The SMILES string of the molecule is Cc1ccc(C(C)(C)CNC(=O)C(C)N2C(=O)NC3(CCCC3)C2=O)cc1. The number of carbonyl (C=O) groups excluding carboxylic acids is 3. The summed E-state index contributed by atoms with van der Waals surface area (Å²) in [6, 6.07) is 6.94. The van der Waals surface area contributed by atoms with E-state index in [-0.39, 0.29) is 17.2 Å². The second-order valence-corrected chi connectivity index (χ2v) is 8.54. The molecule has 1 aliphatic heterocycles. The molecular weight excluding hydrogens is 342 g/mol. The van der Waals surface area contributed by atoms with Crippen molar-refractivity contribution in [2.75, 3.05) is 6.54 Å². The topological polar surface area (TPSA) is 78.5 Å². The average Bonchev–Trinajstić information content (AvgIpc) is 3.18. The van der Waals surface area contributed by atoms with Crippen molar-refractivity contribution in [2.45, 2.75) is 70.4 Å². The Kier molecular flexibility index (Phi) is 5.02.